The van der Waals surface area contributed by atoms with Gasteiger partial charge in [0.1, 0.15) is 0 Å². The van der Waals surface area contributed by atoms with Crippen LogP contribution in [0.5, 0.6) is 0 Å². The number of aryl methyl sites for hydroxylation is 1. The van der Waals surface area contributed by atoms with E-state index in [2.05, 4.69) is 5.32 Å². The monoisotopic (exact) mass is 398 g/mol. The van der Waals surface area contributed by atoms with Gasteiger partial charge in [0.15, 0.2) is 0 Å². The lowest BCUT2D eigenvalue weighted by Crippen LogP contribution is -2.32. The summed E-state index contributed by atoms with van der Waals surface area (Å²) in [7, 11) is 0. The van der Waals surface area contributed by atoms with E-state index >= 15 is 0 Å². The number of pyridine rings is 1. The van der Waals surface area contributed by atoms with E-state index in [1.54, 1.807) is 50.4 Å². The Kier molecular flexibility index (Phi) is 5.87. The highest BCUT2D eigenvalue weighted by atomic mass is 35.5. The number of hydrogen-bond donors (Lipinski definition) is 2. The lowest BCUT2D eigenvalue weighted by Gasteiger charge is -2.19. The predicted molar refractivity (Wildman–Crippen MR) is 113 cm³/mol. The molecule has 6 heteroatoms. The van der Waals surface area contributed by atoms with Crippen LogP contribution in [0.1, 0.15) is 25.8 Å². The van der Waals surface area contributed by atoms with Crippen molar-refractivity contribution in [1.82, 2.24) is 4.57 Å². The van der Waals surface area contributed by atoms with Gasteiger partial charge >= 0.3 is 0 Å². The van der Waals surface area contributed by atoms with Crippen molar-refractivity contribution in [3.8, 4) is 0 Å². The fourth-order valence-electron chi connectivity index (χ4n) is 3.13. The van der Waals surface area contributed by atoms with Crippen molar-refractivity contribution in [1.29, 1.82) is 0 Å². The summed E-state index contributed by atoms with van der Waals surface area (Å²) in [4.78, 5) is 25.1. The molecule has 0 saturated heterocycles. The van der Waals surface area contributed by atoms with Gasteiger partial charge in [-0.25, -0.2) is 0 Å². The van der Waals surface area contributed by atoms with E-state index in [9.17, 15) is 14.7 Å². The van der Waals surface area contributed by atoms with Gasteiger partial charge < -0.3 is 15.0 Å². The standard InChI is InChI=1S/C22H23ClN2O3/c1-22(2,28)14-25-13-12-16-17(21(25)27)7-5-9-19(16)24-20(26)11-10-15-6-3-4-8-18(15)23/h3-9,12-13,28H,10-11,14H2,1-2H3,(H,24,26). The molecule has 146 valence electrons. The Morgan fingerprint density at radius 1 is 1.11 bits per heavy atom. The third kappa shape index (κ3) is 4.80. The van der Waals surface area contributed by atoms with Crippen LogP contribution in [-0.4, -0.2) is 21.2 Å². The number of fused-ring (bicyclic) bond motifs is 1. The molecule has 0 aliphatic rings. The molecule has 0 atom stereocenters. The number of nitrogens with one attached hydrogen (secondary N) is 1. The summed E-state index contributed by atoms with van der Waals surface area (Å²) < 4.78 is 1.48. The minimum absolute atomic E-state index is 0.145. The van der Waals surface area contributed by atoms with Crippen molar-refractivity contribution in [2.75, 3.05) is 5.32 Å². The molecular formula is C22H23ClN2O3. The third-order valence-electron chi connectivity index (χ3n) is 4.43. The highest BCUT2D eigenvalue weighted by molar-refractivity contribution is 6.31. The predicted octanol–water partition coefficient (Wildman–Crippen LogP) is 4.00. The minimum atomic E-state index is -0.998. The lowest BCUT2D eigenvalue weighted by atomic mass is 10.1. The molecular weight excluding hydrogens is 376 g/mol. The average molecular weight is 399 g/mol. The van der Waals surface area contributed by atoms with Crippen LogP contribution in [0.25, 0.3) is 10.8 Å². The van der Waals surface area contributed by atoms with Gasteiger partial charge in [-0.1, -0.05) is 35.9 Å². The average Bonchev–Trinajstić information content (AvgIpc) is 2.63. The summed E-state index contributed by atoms with van der Waals surface area (Å²) in [5.74, 6) is -0.145. The van der Waals surface area contributed by atoms with Crippen LogP contribution in [0.2, 0.25) is 5.02 Å². The number of carbonyl (C=O) groups excluding carboxylic acids is 1. The number of rotatable bonds is 6. The zero-order chi connectivity index (χ0) is 20.3. The Hall–Kier alpha value is -2.63. The summed E-state index contributed by atoms with van der Waals surface area (Å²) in [6.07, 6.45) is 2.46. The second kappa shape index (κ2) is 8.17. The first kappa shape index (κ1) is 20.1. The number of amides is 1. The molecule has 0 radical (unpaired) electrons. The Labute approximate surface area is 168 Å². The van der Waals surface area contributed by atoms with Crippen molar-refractivity contribution in [3.05, 3.63) is 75.7 Å². The minimum Gasteiger partial charge on any atom is -0.389 e. The molecule has 1 heterocycles. The molecule has 0 bridgehead atoms. The van der Waals surface area contributed by atoms with Crippen molar-refractivity contribution in [3.63, 3.8) is 0 Å². The van der Waals surface area contributed by atoms with Crippen LogP contribution in [0.15, 0.2) is 59.5 Å². The van der Waals surface area contributed by atoms with E-state index in [1.807, 2.05) is 18.2 Å². The van der Waals surface area contributed by atoms with Crippen LogP contribution in [0, 0.1) is 0 Å². The van der Waals surface area contributed by atoms with E-state index in [0.29, 0.717) is 27.9 Å². The summed E-state index contributed by atoms with van der Waals surface area (Å²) in [5.41, 5.74) is 0.315. The highest BCUT2D eigenvalue weighted by Gasteiger charge is 2.16. The molecule has 0 spiro atoms. The lowest BCUT2D eigenvalue weighted by molar-refractivity contribution is -0.116. The van der Waals surface area contributed by atoms with Gasteiger partial charge in [-0.3, -0.25) is 9.59 Å². The Morgan fingerprint density at radius 2 is 1.86 bits per heavy atom. The molecule has 0 aliphatic carbocycles. The first-order chi connectivity index (χ1) is 13.2. The zero-order valence-electron chi connectivity index (χ0n) is 15.9. The van der Waals surface area contributed by atoms with Gasteiger partial charge in [-0.15, -0.1) is 0 Å². The topological polar surface area (TPSA) is 71.3 Å². The summed E-state index contributed by atoms with van der Waals surface area (Å²) >= 11 is 6.14. The van der Waals surface area contributed by atoms with E-state index in [1.165, 1.54) is 4.57 Å². The number of carbonyl (C=O) groups is 1. The SMILES string of the molecule is CC(C)(O)Cn1ccc2c(NC(=O)CCc3ccccc3Cl)cccc2c1=O. The van der Waals surface area contributed by atoms with Crippen LogP contribution in [0.3, 0.4) is 0 Å². The van der Waals surface area contributed by atoms with Gasteiger partial charge in [0.2, 0.25) is 5.91 Å². The summed E-state index contributed by atoms with van der Waals surface area (Å²) in [6.45, 7) is 3.49. The normalized spacial score (nSPS) is 11.6. The number of hydrogen-bond acceptors (Lipinski definition) is 3. The molecule has 3 rings (SSSR count). The maximum atomic E-state index is 12.7. The molecule has 0 fully saturated rings. The molecule has 28 heavy (non-hydrogen) atoms. The summed E-state index contributed by atoms with van der Waals surface area (Å²) in [5, 5.41) is 14.7. The largest absolute Gasteiger partial charge is 0.389 e. The first-order valence-corrected chi connectivity index (χ1v) is 9.50. The van der Waals surface area contributed by atoms with E-state index in [0.717, 1.165) is 5.56 Å². The second-order valence-electron chi connectivity index (χ2n) is 7.47. The summed E-state index contributed by atoms with van der Waals surface area (Å²) in [6, 6.07) is 14.5. The van der Waals surface area contributed by atoms with Gasteiger partial charge in [-0.2, -0.15) is 0 Å². The molecule has 0 unspecified atom stereocenters. The first-order valence-electron chi connectivity index (χ1n) is 9.12. The van der Waals surface area contributed by atoms with Crippen molar-refractivity contribution >= 4 is 34.0 Å². The van der Waals surface area contributed by atoms with E-state index < -0.39 is 5.60 Å². The number of halogens is 1. The maximum absolute atomic E-state index is 12.7. The number of nitrogens with zero attached hydrogens (tertiary/aromatic N) is 1. The second-order valence-corrected chi connectivity index (χ2v) is 7.87. The van der Waals surface area contributed by atoms with E-state index in [4.69, 9.17) is 11.6 Å². The smallest absolute Gasteiger partial charge is 0.258 e. The van der Waals surface area contributed by atoms with Gasteiger partial charge in [-0.05, 0) is 50.1 Å². The molecule has 1 amide bonds. The van der Waals surface area contributed by atoms with Gasteiger partial charge in [0, 0.05) is 34.1 Å². The van der Waals surface area contributed by atoms with Crippen LogP contribution in [0.4, 0.5) is 5.69 Å². The van der Waals surface area contributed by atoms with Crippen molar-refractivity contribution in [2.45, 2.75) is 38.8 Å². The Bertz CT molecular complexity index is 1070. The molecule has 1 aromatic heterocycles. The molecule has 0 aliphatic heterocycles. The quantitative estimate of drug-likeness (QED) is 0.659. The maximum Gasteiger partial charge on any atom is 0.258 e. The van der Waals surface area contributed by atoms with Crippen molar-refractivity contribution < 1.29 is 9.90 Å². The van der Waals surface area contributed by atoms with Crippen molar-refractivity contribution in [2.24, 2.45) is 0 Å². The Morgan fingerprint density at radius 3 is 2.57 bits per heavy atom. The zero-order valence-corrected chi connectivity index (χ0v) is 16.7. The fraction of sp³-hybridized carbons (Fsp3) is 0.273. The Balaban J connectivity index is 1.80. The third-order valence-corrected chi connectivity index (χ3v) is 4.80. The van der Waals surface area contributed by atoms with Gasteiger partial charge in [0.05, 0.1) is 12.1 Å². The van der Waals surface area contributed by atoms with Gasteiger partial charge in [0.25, 0.3) is 5.56 Å². The molecule has 3 aromatic rings. The fourth-order valence-corrected chi connectivity index (χ4v) is 3.36. The number of anilines is 1. The van der Waals surface area contributed by atoms with Crippen LogP contribution >= 0.6 is 11.6 Å². The van der Waals surface area contributed by atoms with Crippen LogP contribution < -0.4 is 10.9 Å². The molecule has 0 saturated carbocycles. The molecule has 2 N–H and O–H groups in total. The number of aliphatic hydroxyl groups is 1. The molecule has 2 aromatic carbocycles. The highest BCUT2D eigenvalue weighted by Crippen LogP contribution is 2.22. The van der Waals surface area contributed by atoms with E-state index in [-0.39, 0.29) is 24.4 Å². The van der Waals surface area contributed by atoms with Crippen LogP contribution in [-0.2, 0) is 17.8 Å². The molecule has 5 nitrogen and oxygen atoms in total. The number of benzene rings is 2. The number of aromatic nitrogens is 1.